The van der Waals surface area contributed by atoms with Crippen molar-refractivity contribution in [2.75, 3.05) is 32.7 Å². The molecule has 6 nitrogen and oxygen atoms in total. The van der Waals surface area contributed by atoms with Gasteiger partial charge in [-0.3, -0.25) is 9.69 Å². The summed E-state index contributed by atoms with van der Waals surface area (Å²) < 4.78 is 40.1. The van der Waals surface area contributed by atoms with Crippen molar-refractivity contribution in [1.29, 1.82) is 0 Å². The Morgan fingerprint density at radius 1 is 1.20 bits per heavy atom. The maximum atomic E-state index is 13.4. The zero-order valence-corrected chi connectivity index (χ0v) is 15.8. The second-order valence-corrected chi connectivity index (χ2v) is 9.23. The summed E-state index contributed by atoms with van der Waals surface area (Å²) in [6.45, 7) is 7.74. The average Bonchev–Trinajstić information content (AvgIpc) is 2.71. The second-order valence-electron chi connectivity index (χ2n) is 7.29. The summed E-state index contributed by atoms with van der Waals surface area (Å²) >= 11 is 0. The van der Waals surface area contributed by atoms with Gasteiger partial charge in [0.05, 0.1) is 11.4 Å². The summed E-state index contributed by atoms with van der Waals surface area (Å²) in [5.41, 5.74) is -0.296. The van der Waals surface area contributed by atoms with Gasteiger partial charge in [-0.1, -0.05) is 6.07 Å². The highest BCUT2D eigenvalue weighted by atomic mass is 32.2. The third-order valence-corrected chi connectivity index (χ3v) is 5.76. The maximum Gasteiger partial charge on any atom is 0.243 e. The Morgan fingerprint density at radius 2 is 1.92 bits per heavy atom. The number of rotatable bonds is 4. The number of halogens is 1. The van der Waals surface area contributed by atoms with E-state index in [-0.39, 0.29) is 29.4 Å². The Bertz CT molecular complexity index is 716. The molecule has 1 aliphatic heterocycles. The fourth-order valence-corrected chi connectivity index (χ4v) is 4.28. The zero-order chi connectivity index (χ0) is 18.7. The number of benzene rings is 1. The van der Waals surface area contributed by atoms with Crippen molar-refractivity contribution in [3.63, 3.8) is 0 Å². The molecule has 0 atom stereocenters. The standard InChI is InChI=1S/C17H26FN3O3S/c1-17(2,3)19-16(22)13-20-8-5-9-21(11-10-20)25(23,24)15-7-4-6-14(18)12-15/h4,6-7,12H,5,8-11,13H2,1-3H3,(H,19,22). The molecule has 140 valence electrons. The van der Waals surface area contributed by atoms with Gasteiger partial charge >= 0.3 is 0 Å². The van der Waals surface area contributed by atoms with Crippen LogP contribution in [-0.4, -0.2) is 61.8 Å². The lowest BCUT2D eigenvalue weighted by atomic mass is 10.1. The van der Waals surface area contributed by atoms with Crippen LogP contribution in [0.4, 0.5) is 4.39 Å². The van der Waals surface area contributed by atoms with Crippen LogP contribution in [0.5, 0.6) is 0 Å². The smallest absolute Gasteiger partial charge is 0.243 e. The van der Waals surface area contributed by atoms with Crippen molar-refractivity contribution in [3.8, 4) is 0 Å². The van der Waals surface area contributed by atoms with Crippen LogP contribution in [-0.2, 0) is 14.8 Å². The summed E-state index contributed by atoms with van der Waals surface area (Å²) in [4.78, 5) is 14.0. The van der Waals surface area contributed by atoms with Gasteiger partial charge < -0.3 is 5.32 Å². The van der Waals surface area contributed by atoms with E-state index in [1.165, 1.54) is 22.5 Å². The molecule has 25 heavy (non-hydrogen) atoms. The molecule has 1 aromatic rings. The molecule has 0 radical (unpaired) electrons. The second kappa shape index (κ2) is 7.80. The van der Waals surface area contributed by atoms with Gasteiger partial charge in [0, 0.05) is 25.2 Å². The number of carbonyl (C=O) groups is 1. The van der Waals surface area contributed by atoms with Gasteiger partial charge in [0.2, 0.25) is 15.9 Å². The topological polar surface area (TPSA) is 69.7 Å². The normalized spacial score (nSPS) is 17.9. The lowest BCUT2D eigenvalue weighted by Crippen LogP contribution is -2.46. The van der Waals surface area contributed by atoms with Crippen molar-refractivity contribution >= 4 is 15.9 Å². The molecular formula is C17H26FN3O3S. The zero-order valence-electron chi connectivity index (χ0n) is 15.0. The molecule has 0 bridgehead atoms. The number of hydrogen-bond acceptors (Lipinski definition) is 4. The third-order valence-electron chi connectivity index (χ3n) is 3.86. The Balaban J connectivity index is 2.00. The SMILES string of the molecule is CC(C)(C)NC(=O)CN1CCCN(S(=O)(=O)c2cccc(F)c2)CC1. The van der Waals surface area contributed by atoms with Crippen LogP contribution in [0.1, 0.15) is 27.2 Å². The number of hydrogen-bond donors (Lipinski definition) is 1. The number of nitrogens with one attached hydrogen (secondary N) is 1. The molecule has 1 aliphatic rings. The van der Waals surface area contributed by atoms with Crippen molar-refractivity contribution in [2.45, 2.75) is 37.6 Å². The number of sulfonamides is 1. The maximum absolute atomic E-state index is 13.4. The first-order valence-electron chi connectivity index (χ1n) is 8.37. The Labute approximate surface area is 149 Å². The molecule has 1 saturated heterocycles. The summed E-state index contributed by atoms with van der Waals surface area (Å²) in [5.74, 6) is -0.648. The van der Waals surface area contributed by atoms with E-state index in [2.05, 4.69) is 5.32 Å². The summed E-state index contributed by atoms with van der Waals surface area (Å²) in [7, 11) is -3.72. The van der Waals surface area contributed by atoms with Gasteiger partial charge in [0.15, 0.2) is 0 Å². The molecule has 0 aromatic heterocycles. The van der Waals surface area contributed by atoms with Gasteiger partial charge in [0.25, 0.3) is 0 Å². The summed E-state index contributed by atoms with van der Waals surface area (Å²) in [6, 6.07) is 5.05. The predicted molar refractivity (Wildman–Crippen MR) is 94.1 cm³/mol. The van der Waals surface area contributed by atoms with Gasteiger partial charge in [-0.05, 0) is 51.9 Å². The molecule has 0 saturated carbocycles. The van der Waals surface area contributed by atoms with E-state index in [0.717, 1.165) is 6.07 Å². The molecule has 0 spiro atoms. The summed E-state index contributed by atoms with van der Waals surface area (Å²) in [5, 5.41) is 2.91. The molecule has 8 heteroatoms. The van der Waals surface area contributed by atoms with Crippen molar-refractivity contribution in [3.05, 3.63) is 30.1 Å². The third kappa shape index (κ3) is 5.76. The van der Waals surface area contributed by atoms with Crippen LogP contribution in [0.3, 0.4) is 0 Å². The fourth-order valence-electron chi connectivity index (χ4n) is 2.78. The van der Waals surface area contributed by atoms with E-state index in [4.69, 9.17) is 0 Å². The number of carbonyl (C=O) groups excluding carboxylic acids is 1. The minimum atomic E-state index is -3.72. The monoisotopic (exact) mass is 371 g/mol. The number of nitrogens with zero attached hydrogens (tertiary/aromatic N) is 2. The van der Waals surface area contributed by atoms with Crippen LogP contribution in [0.25, 0.3) is 0 Å². The first-order chi connectivity index (χ1) is 11.6. The molecule has 1 fully saturated rings. The molecule has 0 aliphatic carbocycles. The first-order valence-corrected chi connectivity index (χ1v) is 9.81. The largest absolute Gasteiger partial charge is 0.350 e. The van der Waals surface area contributed by atoms with E-state index in [0.29, 0.717) is 26.1 Å². The predicted octanol–water partition coefficient (Wildman–Crippen LogP) is 1.44. The average molecular weight is 371 g/mol. The van der Waals surface area contributed by atoms with Crippen LogP contribution >= 0.6 is 0 Å². The number of amides is 1. The van der Waals surface area contributed by atoms with Crippen LogP contribution in [0.2, 0.25) is 0 Å². The lowest BCUT2D eigenvalue weighted by Gasteiger charge is -2.25. The molecule has 0 unspecified atom stereocenters. The summed E-state index contributed by atoms with van der Waals surface area (Å²) in [6.07, 6.45) is 0.622. The minimum absolute atomic E-state index is 0.0357. The van der Waals surface area contributed by atoms with E-state index < -0.39 is 15.8 Å². The highest BCUT2D eigenvalue weighted by Gasteiger charge is 2.28. The van der Waals surface area contributed by atoms with E-state index in [1.807, 2.05) is 25.7 Å². The van der Waals surface area contributed by atoms with Crippen LogP contribution in [0, 0.1) is 5.82 Å². The minimum Gasteiger partial charge on any atom is -0.350 e. The van der Waals surface area contributed by atoms with Crippen LogP contribution < -0.4 is 5.32 Å². The highest BCUT2D eigenvalue weighted by Crippen LogP contribution is 2.18. The Morgan fingerprint density at radius 3 is 2.56 bits per heavy atom. The van der Waals surface area contributed by atoms with E-state index in [1.54, 1.807) is 0 Å². The van der Waals surface area contributed by atoms with Crippen LogP contribution in [0.15, 0.2) is 29.2 Å². The van der Waals surface area contributed by atoms with Gasteiger partial charge in [-0.2, -0.15) is 4.31 Å². The van der Waals surface area contributed by atoms with E-state index in [9.17, 15) is 17.6 Å². The molecule has 1 heterocycles. The molecule has 1 N–H and O–H groups in total. The Hall–Kier alpha value is -1.51. The molecule has 1 aromatic carbocycles. The van der Waals surface area contributed by atoms with Crippen molar-refractivity contribution in [1.82, 2.24) is 14.5 Å². The highest BCUT2D eigenvalue weighted by molar-refractivity contribution is 7.89. The molecule has 2 rings (SSSR count). The quantitative estimate of drug-likeness (QED) is 0.869. The fraction of sp³-hybridized carbons (Fsp3) is 0.588. The molecular weight excluding hydrogens is 345 g/mol. The van der Waals surface area contributed by atoms with Gasteiger partial charge in [-0.25, -0.2) is 12.8 Å². The Kier molecular flexibility index (Phi) is 6.18. The lowest BCUT2D eigenvalue weighted by molar-refractivity contribution is -0.123. The van der Waals surface area contributed by atoms with Gasteiger partial charge in [0.1, 0.15) is 5.82 Å². The molecule has 1 amide bonds. The van der Waals surface area contributed by atoms with Crippen molar-refractivity contribution in [2.24, 2.45) is 0 Å². The van der Waals surface area contributed by atoms with Crippen molar-refractivity contribution < 1.29 is 17.6 Å². The van der Waals surface area contributed by atoms with Gasteiger partial charge in [-0.15, -0.1) is 0 Å². The first kappa shape index (κ1) is 19.8. The van der Waals surface area contributed by atoms with E-state index >= 15 is 0 Å².